The van der Waals surface area contributed by atoms with Crippen molar-refractivity contribution in [1.29, 1.82) is 0 Å². The predicted molar refractivity (Wildman–Crippen MR) is 69.9 cm³/mol. The van der Waals surface area contributed by atoms with Crippen molar-refractivity contribution in [3.05, 3.63) is 18.2 Å². The van der Waals surface area contributed by atoms with Gasteiger partial charge in [-0.3, -0.25) is 4.90 Å². The molecule has 0 spiro atoms. The number of nitrogens with zero attached hydrogens (tertiary/aromatic N) is 3. The molecule has 17 heavy (non-hydrogen) atoms. The number of likely N-dealkylation sites (tertiary alicyclic amines) is 1. The van der Waals surface area contributed by atoms with E-state index >= 15 is 0 Å². The number of hydrogen-bond acceptors (Lipinski definition) is 3. The average molecular weight is 236 g/mol. The number of aromatic nitrogens is 2. The lowest BCUT2D eigenvalue weighted by Crippen LogP contribution is -2.40. The molecule has 0 bridgehead atoms. The molecule has 0 aromatic carbocycles. The van der Waals surface area contributed by atoms with Crippen LogP contribution in [0.25, 0.3) is 0 Å². The molecule has 0 amide bonds. The smallest absolute Gasteiger partial charge is 0.0949 e. The van der Waals surface area contributed by atoms with Gasteiger partial charge in [0.1, 0.15) is 0 Å². The molecule has 1 unspecified atom stereocenters. The lowest BCUT2D eigenvalue weighted by Gasteiger charge is -2.32. The van der Waals surface area contributed by atoms with E-state index in [2.05, 4.69) is 26.7 Å². The van der Waals surface area contributed by atoms with E-state index in [-0.39, 0.29) is 0 Å². The zero-order valence-corrected chi connectivity index (χ0v) is 11.0. The second-order valence-corrected chi connectivity index (χ2v) is 5.01. The number of imidazole rings is 1. The predicted octanol–water partition coefficient (Wildman–Crippen LogP) is 1.48. The fourth-order valence-corrected chi connectivity index (χ4v) is 2.60. The van der Waals surface area contributed by atoms with Crippen LogP contribution in [0.2, 0.25) is 0 Å². The number of hydrogen-bond donors (Lipinski definition) is 1. The molecule has 1 aromatic heterocycles. The number of rotatable bonds is 5. The Balaban J connectivity index is 1.92. The maximum absolute atomic E-state index is 4.24. The van der Waals surface area contributed by atoms with Crippen LogP contribution in [0.3, 0.4) is 0 Å². The molecule has 0 saturated carbocycles. The van der Waals surface area contributed by atoms with E-state index in [9.17, 15) is 0 Å². The molecule has 96 valence electrons. The van der Waals surface area contributed by atoms with Gasteiger partial charge in [-0.25, -0.2) is 4.98 Å². The van der Waals surface area contributed by atoms with E-state index in [1.165, 1.54) is 38.0 Å². The van der Waals surface area contributed by atoms with Gasteiger partial charge in [0.2, 0.25) is 0 Å². The fourth-order valence-electron chi connectivity index (χ4n) is 2.60. The van der Waals surface area contributed by atoms with Crippen molar-refractivity contribution in [3.63, 3.8) is 0 Å². The normalized spacial score (nSPS) is 19.4. The molecule has 1 atom stereocenters. The molecule has 1 aromatic rings. The summed E-state index contributed by atoms with van der Waals surface area (Å²) in [5, 5.41) is 3.19. The van der Waals surface area contributed by atoms with Crippen LogP contribution in [0.1, 0.15) is 31.9 Å². The summed E-state index contributed by atoms with van der Waals surface area (Å²) in [6, 6.07) is 0.611. The first kappa shape index (κ1) is 12.6. The standard InChI is InChI=1S/C13H24N4/c1-12(16-6-4-3-5-7-16)10-17-11-15-9-13(17)8-14-2/h9,11-12,14H,3-8,10H2,1-2H3. The Kier molecular flexibility index (Phi) is 4.57. The molecule has 0 aliphatic carbocycles. The molecule has 1 aliphatic rings. The van der Waals surface area contributed by atoms with Crippen molar-refractivity contribution >= 4 is 0 Å². The van der Waals surface area contributed by atoms with E-state index in [0.717, 1.165) is 13.1 Å². The van der Waals surface area contributed by atoms with E-state index in [1.54, 1.807) is 0 Å². The minimum absolute atomic E-state index is 0.611. The molecule has 4 nitrogen and oxygen atoms in total. The third-order valence-electron chi connectivity index (χ3n) is 3.63. The van der Waals surface area contributed by atoms with Crippen LogP contribution in [0.5, 0.6) is 0 Å². The molecule has 1 aliphatic heterocycles. The summed E-state index contributed by atoms with van der Waals surface area (Å²) in [6.07, 6.45) is 8.03. The molecular weight excluding hydrogens is 212 g/mol. The van der Waals surface area contributed by atoms with Gasteiger partial charge in [-0.1, -0.05) is 6.42 Å². The first-order chi connectivity index (χ1) is 8.31. The van der Waals surface area contributed by atoms with Crippen LogP contribution in [0.15, 0.2) is 12.5 Å². The summed E-state index contributed by atoms with van der Waals surface area (Å²) >= 11 is 0. The van der Waals surface area contributed by atoms with Gasteiger partial charge < -0.3 is 9.88 Å². The van der Waals surface area contributed by atoms with Crippen molar-refractivity contribution < 1.29 is 0 Å². The van der Waals surface area contributed by atoms with Gasteiger partial charge in [0.25, 0.3) is 0 Å². The van der Waals surface area contributed by atoms with Gasteiger partial charge in [-0.2, -0.15) is 0 Å². The van der Waals surface area contributed by atoms with Gasteiger partial charge >= 0.3 is 0 Å². The highest BCUT2D eigenvalue weighted by Crippen LogP contribution is 2.13. The van der Waals surface area contributed by atoms with Crippen LogP contribution >= 0.6 is 0 Å². The van der Waals surface area contributed by atoms with E-state index in [4.69, 9.17) is 0 Å². The van der Waals surface area contributed by atoms with Crippen LogP contribution in [-0.4, -0.2) is 40.6 Å². The zero-order valence-electron chi connectivity index (χ0n) is 11.0. The fraction of sp³-hybridized carbons (Fsp3) is 0.769. The van der Waals surface area contributed by atoms with Crippen molar-refractivity contribution in [2.24, 2.45) is 0 Å². The van der Waals surface area contributed by atoms with Crippen LogP contribution in [-0.2, 0) is 13.1 Å². The van der Waals surface area contributed by atoms with Gasteiger partial charge in [0.05, 0.1) is 12.0 Å². The highest BCUT2D eigenvalue weighted by atomic mass is 15.2. The van der Waals surface area contributed by atoms with Crippen molar-refractivity contribution in [1.82, 2.24) is 19.8 Å². The van der Waals surface area contributed by atoms with Crippen LogP contribution in [0.4, 0.5) is 0 Å². The molecule has 4 heteroatoms. The molecule has 1 fully saturated rings. The van der Waals surface area contributed by atoms with Crippen molar-refractivity contribution in [2.45, 2.75) is 45.3 Å². The summed E-state index contributed by atoms with van der Waals surface area (Å²) in [6.45, 7) is 6.80. The molecule has 0 radical (unpaired) electrons. The number of piperidine rings is 1. The Labute approximate surface area is 104 Å². The summed E-state index contributed by atoms with van der Waals surface area (Å²) < 4.78 is 2.27. The van der Waals surface area contributed by atoms with Crippen molar-refractivity contribution in [3.8, 4) is 0 Å². The minimum atomic E-state index is 0.611. The Hall–Kier alpha value is -0.870. The van der Waals surface area contributed by atoms with Gasteiger partial charge in [-0.05, 0) is 39.9 Å². The summed E-state index contributed by atoms with van der Waals surface area (Å²) in [4.78, 5) is 6.85. The summed E-state index contributed by atoms with van der Waals surface area (Å²) in [7, 11) is 1.98. The second-order valence-electron chi connectivity index (χ2n) is 5.01. The summed E-state index contributed by atoms with van der Waals surface area (Å²) in [5.41, 5.74) is 1.27. The largest absolute Gasteiger partial charge is 0.332 e. The minimum Gasteiger partial charge on any atom is -0.332 e. The zero-order chi connectivity index (χ0) is 12.1. The first-order valence-electron chi connectivity index (χ1n) is 6.69. The van der Waals surface area contributed by atoms with E-state index in [0.29, 0.717) is 6.04 Å². The lowest BCUT2D eigenvalue weighted by atomic mass is 10.1. The van der Waals surface area contributed by atoms with Crippen molar-refractivity contribution in [2.75, 3.05) is 20.1 Å². The van der Waals surface area contributed by atoms with E-state index in [1.807, 2.05) is 19.6 Å². The third kappa shape index (κ3) is 3.30. The molecule has 1 saturated heterocycles. The molecular formula is C13H24N4. The Morgan fingerprint density at radius 3 is 2.82 bits per heavy atom. The van der Waals surface area contributed by atoms with E-state index < -0.39 is 0 Å². The first-order valence-corrected chi connectivity index (χ1v) is 6.69. The Bertz CT molecular complexity index is 328. The quantitative estimate of drug-likeness (QED) is 0.840. The third-order valence-corrected chi connectivity index (χ3v) is 3.63. The second kappa shape index (κ2) is 6.17. The molecule has 2 rings (SSSR count). The Morgan fingerprint density at radius 2 is 2.12 bits per heavy atom. The van der Waals surface area contributed by atoms with Crippen LogP contribution in [0, 0.1) is 0 Å². The average Bonchev–Trinajstić information content (AvgIpc) is 2.78. The van der Waals surface area contributed by atoms with Gasteiger partial charge in [0.15, 0.2) is 0 Å². The lowest BCUT2D eigenvalue weighted by molar-refractivity contribution is 0.159. The highest BCUT2D eigenvalue weighted by Gasteiger charge is 2.17. The highest BCUT2D eigenvalue weighted by molar-refractivity contribution is 4.98. The SMILES string of the molecule is CNCc1cncn1CC(C)N1CCCCC1. The monoisotopic (exact) mass is 236 g/mol. The summed E-state index contributed by atoms with van der Waals surface area (Å²) in [5.74, 6) is 0. The maximum atomic E-state index is 4.24. The number of nitrogens with one attached hydrogen (secondary N) is 1. The topological polar surface area (TPSA) is 33.1 Å². The van der Waals surface area contributed by atoms with Gasteiger partial charge in [0, 0.05) is 25.3 Å². The van der Waals surface area contributed by atoms with Crippen LogP contribution < -0.4 is 5.32 Å². The molecule has 2 heterocycles. The maximum Gasteiger partial charge on any atom is 0.0949 e. The molecule has 1 N–H and O–H groups in total. The Morgan fingerprint density at radius 1 is 1.35 bits per heavy atom. The van der Waals surface area contributed by atoms with Gasteiger partial charge in [-0.15, -0.1) is 0 Å².